The van der Waals surface area contributed by atoms with Crippen molar-refractivity contribution in [3.05, 3.63) is 47.1 Å². The Morgan fingerprint density at radius 2 is 2.04 bits per heavy atom. The van der Waals surface area contributed by atoms with Crippen LogP contribution >= 0.6 is 0 Å². The third-order valence-corrected chi connectivity index (χ3v) is 3.48. The van der Waals surface area contributed by atoms with Crippen molar-refractivity contribution in [2.75, 3.05) is 13.7 Å². The lowest BCUT2D eigenvalue weighted by Gasteiger charge is -2.10. The summed E-state index contributed by atoms with van der Waals surface area (Å²) < 4.78 is 10.6. The number of aliphatic hydroxyl groups excluding tert-OH is 1. The van der Waals surface area contributed by atoms with Crippen LogP contribution in [0.4, 0.5) is 0 Å². The molecule has 6 nitrogen and oxygen atoms in total. The number of nitrogens with zero attached hydrogens (tertiary/aromatic N) is 1. The van der Waals surface area contributed by atoms with Crippen LogP contribution in [0.1, 0.15) is 39.2 Å². The van der Waals surface area contributed by atoms with Gasteiger partial charge >= 0.3 is 0 Å². The molecule has 0 radical (unpaired) electrons. The molecule has 1 rings (SSSR count). The number of carbonyl (C=O) groups is 1. The summed E-state index contributed by atoms with van der Waals surface area (Å²) in [6, 6.07) is 5.02. The summed E-state index contributed by atoms with van der Waals surface area (Å²) in [7, 11) is 1.50. The zero-order valence-electron chi connectivity index (χ0n) is 15.9. The highest BCUT2D eigenvalue weighted by molar-refractivity contribution is 5.80. The van der Waals surface area contributed by atoms with Crippen LogP contribution in [0.3, 0.4) is 0 Å². The highest BCUT2D eigenvalue weighted by atomic mass is 16.5. The minimum absolute atomic E-state index is 0.0902. The van der Waals surface area contributed by atoms with Crippen LogP contribution in [-0.2, 0) is 11.4 Å². The summed E-state index contributed by atoms with van der Waals surface area (Å²) in [5.74, 6) is 0.520. The number of carbonyl (C=O) groups excluding carboxylic acids is 1. The Labute approximate surface area is 155 Å². The van der Waals surface area contributed by atoms with Crippen molar-refractivity contribution in [1.29, 1.82) is 0 Å². The molecule has 0 unspecified atom stereocenters. The number of hydrazone groups is 1. The van der Waals surface area contributed by atoms with Crippen LogP contribution in [0, 0.1) is 0 Å². The average molecular weight is 360 g/mol. The van der Waals surface area contributed by atoms with Crippen molar-refractivity contribution in [3.63, 3.8) is 0 Å². The van der Waals surface area contributed by atoms with E-state index >= 15 is 0 Å². The zero-order valence-corrected chi connectivity index (χ0v) is 15.9. The van der Waals surface area contributed by atoms with E-state index in [1.165, 1.54) is 18.3 Å². The maximum Gasteiger partial charge on any atom is 0.277 e. The number of hydrogen-bond donors (Lipinski definition) is 2. The number of ether oxygens (including phenoxy) is 2. The van der Waals surface area contributed by atoms with Gasteiger partial charge in [0, 0.05) is 6.21 Å². The van der Waals surface area contributed by atoms with Gasteiger partial charge in [0.1, 0.15) is 0 Å². The first kappa shape index (κ1) is 21.4. The number of amides is 1. The second-order valence-corrected chi connectivity index (χ2v) is 6.08. The van der Waals surface area contributed by atoms with E-state index in [1.807, 2.05) is 13.0 Å². The second-order valence-electron chi connectivity index (χ2n) is 6.08. The summed E-state index contributed by atoms with van der Waals surface area (Å²) >= 11 is 0. The third kappa shape index (κ3) is 8.48. The van der Waals surface area contributed by atoms with Crippen LogP contribution in [0.5, 0.6) is 11.5 Å². The van der Waals surface area contributed by atoms with Crippen LogP contribution < -0.4 is 14.9 Å². The number of hydrogen-bond acceptors (Lipinski definition) is 5. The summed E-state index contributed by atoms with van der Waals surface area (Å²) in [4.78, 5) is 11.8. The van der Waals surface area contributed by atoms with Crippen molar-refractivity contribution in [3.8, 4) is 11.5 Å². The molecule has 0 saturated carbocycles. The molecule has 2 N–H and O–H groups in total. The maximum absolute atomic E-state index is 11.8. The molecule has 1 amide bonds. The Hall–Kier alpha value is -2.60. The normalized spacial score (nSPS) is 11.3. The molecule has 142 valence electrons. The van der Waals surface area contributed by atoms with Gasteiger partial charge in [0.2, 0.25) is 0 Å². The quantitative estimate of drug-likeness (QED) is 0.381. The molecule has 0 heterocycles. The Morgan fingerprint density at radius 3 is 2.69 bits per heavy atom. The molecule has 0 aliphatic carbocycles. The van der Waals surface area contributed by atoms with Gasteiger partial charge in [-0.25, -0.2) is 5.43 Å². The molecule has 0 aliphatic rings. The van der Waals surface area contributed by atoms with Gasteiger partial charge in [-0.05, 0) is 57.4 Å². The average Bonchev–Trinajstić information content (AvgIpc) is 2.63. The smallest absolute Gasteiger partial charge is 0.277 e. The Morgan fingerprint density at radius 1 is 1.27 bits per heavy atom. The highest BCUT2D eigenvalue weighted by Gasteiger charge is 2.08. The van der Waals surface area contributed by atoms with Crippen molar-refractivity contribution in [1.82, 2.24) is 5.43 Å². The third-order valence-electron chi connectivity index (χ3n) is 3.48. The number of nitrogens with one attached hydrogen (secondary N) is 1. The van der Waals surface area contributed by atoms with Crippen molar-refractivity contribution < 1.29 is 19.4 Å². The van der Waals surface area contributed by atoms with Gasteiger partial charge in [-0.3, -0.25) is 4.79 Å². The van der Waals surface area contributed by atoms with Crippen molar-refractivity contribution in [2.24, 2.45) is 5.10 Å². The molecular weight excluding hydrogens is 332 g/mol. The summed E-state index contributed by atoms with van der Waals surface area (Å²) in [5, 5.41) is 13.0. The van der Waals surface area contributed by atoms with Gasteiger partial charge in [0.05, 0.1) is 13.7 Å². The molecule has 0 fully saturated rings. The predicted octanol–water partition coefficient (Wildman–Crippen LogP) is 3.36. The first-order chi connectivity index (χ1) is 12.5. The van der Waals surface area contributed by atoms with E-state index in [9.17, 15) is 4.79 Å². The minimum atomic E-state index is -0.370. The molecule has 1 aromatic carbocycles. The summed E-state index contributed by atoms with van der Waals surface area (Å²) in [6.45, 7) is 5.91. The molecule has 6 heteroatoms. The first-order valence-electron chi connectivity index (χ1n) is 8.47. The minimum Gasteiger partial charge on any atom is -0.493 e. The molecule has 1 aromatic rings. The van der Waals surface area contributed by atoms with Crippen molar-refractivity contribution >= 4 is 12.1 Å². The van der Waals surface area contributed by atoms with Gasteiger partial charge in [-0.1, -0.05) is 23.3 Å². The molecule has 0 saturated heterocycles. The lowest BCUT2D eigenvalue weighted by Crippen LogP contribution is -2.24. The topological polar surface area (TPSA) is 80.1 Å². The fraction of sp³-hybridized carbons (Fsp3) is 0.400. The van der Waals surface area contributed by atoms with E-state index in [-0.39, 0.29) is 19.1 Å². The van der Waals surface area contributed by atoms with E-state index in [0.29, 0.717) is 17.1 Å². The molecule has 26 heavy (non-hydrogen) atoms. The number of rotatable bonds is 10. The Bertz CT molecular complexity index is 674. The van der Waals surface area contributed by atoms with Crippen LogP contribution in [0.25, 0.3) is 0 Å². The summed E-state index contributed by atoms with van der Waals surface area (Å²) in [5.41, 5.74) is 5.61. The van der Waals surface area contributed by atoms with Crippen LogP contribution in [0.2, 0.25) is 0 Å². The Balaban J connectivity index is 2.42. The fourth-order valence-corrected chi connectivity index (χ4v) is 2.05. The zero-order chi connectivity index (χ0) is 19.4. The van der Waals surface area contributed by atoms with Gasteiger partial charge < -0.3 is 14.6 Å². The van der Waals surface area contributed by atoms with Crippen LogP contribution in [0.15, 0.2) is 46.6 Å². The predicted molar refractivity (Wildman–Crippen MR) is 103 cm³/mol. The number of benzene rings is 1. The van der Waals surface area contributed by atoms with E-state index in [4.69, 9.17) is 14.6 Å². The molecule has 0 aliphatic heterocycles. The molecular formula is C20H28N2O4. The van der Waals surface area contributed by atoms with Gasteiger partial charge in [-0.2, -0.15) is 5.10 Å². The lowest BCUT2D eigenvalue weighted by atomic mass is 10.1. The van der Waals surface area contributed by atoms with E-state index in [2.05, 4.69) is 30.5 Å². The maximum atomic E-state index is 11.8. The lowest BCUT2D eigenvalue weighted by molar-refractivity contribution is -0.123. The van der Waals surface area contributed by atoms with Gasteiger partial charge in [0.25, 0.3) is 5.91 Å². The fourth-order valence-electron chi connectivity index (χ4n) is 2.05. The SMILES string of the molecule is COc1cc(CO)ccc1OCC(=O)NN=CC=C(C)CCC=C(C)C. The monoisotopic (exact) mass is 360 g/mol. The van der Waals surface area contributed by atoms with E-state index in [0.717, 1.165) is 12.8 Å². The summed E-state index contributed by atoms with van der Waals surface area (Å²) in [6.07, 6.45) is 7.57. The second kappa shape index (κ2) is 11.9. The van der Waals surface area contributed by atoms with Gasteiger partial charge in [0.15, 0.2) is 18.1 Å². The van der Waals surface area contributed by atoms with E-state index in [1.54, 1.807) is 24.4 Å². The number of methoxy groups -OCH3 is 1. The Kier molecular flexibility index (Phi) is 9.79. The van der Waals surface area contributed by atoms with E-state index < -0.39 is 0 Å². The standard InChI is InChI=1S/C20H28N2O4/c1-15(2)6-5-7-16(3)10-11-21-22-20(24)14-26-18-9-8-17(13-23)12-19(18)25-4/h6,8-12,23H,5,7,13-14H2,1-4H3,(H,22,24). The largest absolute Gasteiger partial charge is 0.493 e. The molecule has 0 bridgehead atoms. The molecule has 0 aromatic heterocycles. The molecule has 0 spiro atoms. The first-order valence-corrected chi connectivity index (χ1v) is 8.47. The number of allylic oxidation sites excluding steroid dienone is 4. The van der Waals surface area contributed by atoms with Crippen LogP contribution in [-0.4, -0.2) is 30.9 Å². The highest BCUT2D eigenvalue weighted by Crippen LogP contribution is 2.27. The number of aliphatic hydroxyl groups is 1. The van der Waals surface area contributed by atoms with Crippen molar-refractivity contribution in [2.45, 2.75) is 40.2 Å². The molecule has 0 atom stereocenters. The van der Waals surface area contributed by atoms with Gasteiger partial charge in [-0.15, -0.1) is 0 Å².